The minimum Gasteiger partial charge on any atom is -0.360 e. The van der Waals surface area contributed by atoms with E-state index in [-0.39, 0.29) is 5.54 Å². The summed E-state index contributed by atoms with van der Waals surface area (Å²) >= 11 is 1.86. The first-order chi connectivity index (χ1) is 7.59. The van der Waals surface area contributed by atoms with Crippen LogP contribution in [0.25, 0.3) is 0 Å². The van der Waals surface area contributed by atoms with Crippen LogP contribution in [0, 0.1) is 0 Å². The van der Waals surface area contributed by atoms with Crippen molar-refractivity contribution in [2.24, 2.45) is 4.99 Å². The molecule has 0 aromatic rings. The van der Waals surface area contributed by atoms with Crippen molar-refractivity contribution in [2.75, 3.05) is 32.4 Å². The summed E-state index contributed by atoms with van der Waals surface area (Å²) in [6, 6.07) is 0. The summed E-state index contributed by atoms with van der Waals surface area (Å²) in [6.07, 6.45) is 2.41. The van der Waals surface area contributed by atoms with Crippen LogP contribution in [-0.4, -0.2) is 48.0 Å². The maximum atomic E-state index is 4.64. The molecule has 1 N–H and O–H groups in total. The molecular formula is C12H25N3S. The quantitative estimate of drug-likeness (QED) is 0.802. The molecule has 16 heavy (non-hydrogen) atoms. The van der Waals surface area contributed by atoms with Gasteiger partial charge in [0.2, 0.25) is 0 Å². The number of rotatable bonds is 5. The molecule has 3 nitrogen and oxygen atoms in total. The van der Waals surface area contributed by atoms with Gasteiger partial charge in [0.05, 0.1) is 6.54 Å². The summed E-state index contributed by atoms with van der Waals surface area (Å²) in [5, 5.41) is 4.70. The van der Waals surface area contributed by atoms with Crippen molar-refractivity contribution in [3.63, 3.8) is 0 Å². The Kier molecular flexibility index (Phi) is 5.62. The van der Waals surface area contributed by atoms with E-state index in [1.165, 1.54) is 18.6 Å². The van der Waals surface area contributed by atoms with Crippen molar-refractivity contribution in [2.45, 2.75) is 39.2 Å². The second kappa shape index (κ2) is 6.50. The highest BCUT2D eigenvalue weighted by molar-refractivity contribution is 8.13. The fraction of sp³-hybridized carbons (Fsp3) is 0.917. The average molecular weight is 243 g/mol. The minimum atomic E-state index is 0.265. The lowest BCUT2D eigenvalue weighted by atomic mass is 9.96. The van der Waals surface area contributed by atoms with Gasteiger partial charge in [-0.25, -0.2) is 0 Å². The van der Waals surface area contributed by atoms with Gasteiger partial charge in [-0.05, 0) is 33.4 Å². The van der Waals surface area contributed by atoms with Crippen LogP contribution in [0.1, 0.15) is 33.6 Å². The molecule has 94 valence electrons. The van der Waals surface area contributed by atoms with Crippen molar-refractivity contribution >= 4 is 16.9 Å². The monoisotopic (exact) mass is 243 g/mol. The number of aliphatic imine (C=N–C) groups is 1. The molecule has 1 aliphatic rings. The Morgan fingerprint density at radius 1 is 1.50 bits per heavy atom. The zero-order chi connectivity index (χ0) is 12.0. The number of likely N-dealkylation sites (N-methyl/N-ethyl adjacent to an activating group) is 1. The molecule has 0 radical (unpaired) electrons. The molecule has 0 aromatic carbocycles. The summed E-state index contributed by atoms with van der Waals surface area (Å²) in [5.41, 5.74) is 0.265. The van der Waals surface area contributed by atoms with Crippen LogP contribution >= 0.6 is 11.8 Å². The highest BCUT2D eigenvalue weighted by Crippen LogP contribution is 2.24. The Morgan fingerprint density at radius 3 is 2.88 bits per heavy atom. The van der Waals surface area contributed by atoms with Gasteiger partial charge in [0, 0.05) is 17.8 Å². The minimum absolute atomic E-state index is 0.265. The first-order valence-corrected chi connectivity index (χ1v) is 7.22. The predicted molar refractivity (Wildman–Crippen MR) is 74.4 cm³/mol. The van der Waals surface area contributed by atoms with E-state index in [0.717, 1.165) is 24.8 Å². The van der Waals surface area contributed by atoms with Crippen LogP contribution in [0.4, 0.5) is 0 Å². The summed E-state index contributed by atoms with van der Waals surface area (Å²) in [5.74, 6) is 1.19. The maximum Gasteiger partial charge on any atom is 0.157 e. The van der Waals surface area contributed by atoms with Crippen molar-refractivity contribution in [1.29, 1.82) is 0 Å². The van der Waals surface area contributed by atoms with Crippen LogP contribution in [0.15, 0.2) is 4.99 Å². The van der Waals surface area contributed by atoms with E-state index < -0.39 is 0 Å². The van der Waals surface area contributed by atoms with Crippen molar-refractivity contribution in [1.82, 2.24) is 10.2 Å². The van der Waals surface area contributed by atoms with E-state index in [4.69, 9.17) is 0 Å². The third-order valence-electron chi connectivity index (χ3n) is 3.36. The summed E-state index contributed by atoms with van der Waals surface area (Å²) in [6.45, 7) is 9.75. The van der Waals surface area contributed by atoms with Gasteiger partial charge in [0.1, 0.15) is 0 Å². The number of nitrogens with zero attached hydrogens (tertiary/aromatic N) is 2. The van der Waals surface area contributed by atoms with Gasteiger partial charge in [-0.1, -0.05) is 25.6 Å². The Bertz CT molecular complexity index is 242. The van der Waals surface area contributed by atoms with E-state index in [9.17, 15) is 0 Å². The van der Waals surface area contributed by atoms with E-state index in [2.05, 4.69) is 43.0 Å². The number of nitrogens with one attached hydrogen (secondary N) is 1. The van der Waals surface area contributed by atoms with Gasteiger partial charge in [-0.2, -0.15) is 0 Å². The van der Waals surface area contributed by atoms with Crippen LogP contribution in [-0.2, 0) is 0 Å². The van der Waals surface area contributed by atoms with Crippen LogP contribution in [0.3, 0.4) is 0 Å². The zero-order valence-electron chi connectivity index (χ0n) is 11.0. The van der Waals surface area contributed by atoms with E-state index in [0.29, 0.717) is 0 Å². The van der Waals surface area contributed by atoms with Crippen molar-refractivity contribution in [3.05, 3.63) is 0 Å². The Hall–Kier alpha value is -0.220. The Balaban J connectivity index is 2.38. The standard InChI is InChI=1S/C12H25N3S/c1-5-12(3)7-10-16-11(14-12)13-8-9-15(4)6-2/h5-10H2,1-4H3,(H,13,14). The van der Waals surface area contributed by atoms with Gasteiger partial charge in [0.15, 0.2) is 5.17 Å². The van der Waals surface area contributed by atoms with Crippen molar-refractivity contribution < 1.29 is 0 Å². The molecule has 0 spiro atoms. The molecule has 4 heteroatoms. The van der Waals surface area contributed by atoms with Gasteiger partial charge in [0.25, 0.3) is 0 Å². The van der Waals surface area contributed by atoms with Crippen LogP contribution < -0.4 is 5.32 Å². The van der Waals surface area contributed by atoms with E-state index >= 15 is 0 Å². The number of thioether (sulfide) groups is 1. The average Bonchev–Trinajstić information content (AvgIpc) is 2.29. The lowest BCUT2D eigenvalue weighted by Gasteiger charge is -2.35. The van der Waals surface area contributed by atoms with E-state index in [1.54, 1.807) is 0 Å². The first kappa shape index (κ1) is 13.8. The fourth-order valence-electron chi connectivity index (χ4n) is 1.56. The Morgan fingerprint density at radius 2 is 2.25 bits per heavy atom. The Labute approximate surface area is 104 Å². The smallest absolute Gasteiger partial charge is 0.157 e. The first-order valence-electron chi connectivity index (χ1n) is 6.23. The molecule has 1 rings (SSSR count). The molecular weight excluding hydrogens is 218 g/mol. The molecule has 1 fully saturated rings. The third kappa shape index (κ3) is 4.34. The van der Waals surface area contributed by atoms with Gasteiger partial charge < -0.3 is 10.2 Å². The number of amidine groups is 1. The molecule has 1 aliphatic heterocycles. The van der Waals surface area contributed by atoms with Crippen LogP contribution in [0.5, 0.6) is 0 Å². The second-order valence-electron chi connectivity index (χ2n) is 4.72. The van der Waals surface area contributed by atoms with Crippen LogP contribution in [0.2, 0.25) is 0 Å². The highest BCUT2D eigenvalue weighted by atomic mass is 32.2. The van der Waals surface area contributed by atoms with Crippen molar-refractivity contribution in [3.8, 4) is 0 Å². The number of hydrogen-bond acceptors (Lipinski definition) is 3. The van der Waals surface area contributed by atoms with Gasteiger partial charge in [-0.15, -0.1) is 0 Å². The summed E-state index contributed by atoms with van der Waals surface area (Å²) in [7, 11) is 2.14. The number of hydrogen-bond donors (Lipinski definition) is 1. The highest BCUT2D eigenvalue weighted by Gasteiger charge is 2.27. The summed E-state index contributed by atoms with van der Waals surface area (Å²) < 4.78 is 0. The zero-order valence-corrected chi connectivity index (χ0v) is 11.9. The molecule has 1 heterocycles. The van der Waals surface area contributed by atoms with Gasteiger partial charge >= 0.3 is 0 Å². The van der Waals surface area contributed by atoms with E-state index in [1.807, 2.05) is 11.8 Å². The second-order valence-corrected chi connectivity index (χ2v) is 5.80. The molecule has 0 aliphatic carbocycles. The predicted octanol–water partition coefficient (Wildman–Crippen LogP) is 2.19. The summed E-state index contributed by atoms with van der Waals surface area (Å²) in [4.78, 5) is 6.93. The molecule has 0 amide bonds. The molecule has 1 atom stereocenters. The van der Waals surface area contributed by atoms with Gasteiger partial charge in [-0.3, -0.25) is 4.99 Å². The fourth-order valence-corrected chi connectivity index (χ4v) is 2.81. The molecule has 0 bridgehead atoms. The maximum absolute atomic E-state index is 4.64. The molecule has 1 saturated heterocycles. The largest absolute Gasteiger partial charge is 0.360 e. The molecule has 0 saturated carbocycles. The lowest BCUT2D eigenvalue weighted by Crippen LogP contribution is -2.48. The molecule has 1 unspecified atom stereocenters. The SMILES string of the molecule is CCN(C)CCN=C1NC(C)(CC)CCS1. The lowest BCUT2D eigenvalue weighted by molar-refractivity contribution is 0.362. The molecule has 0 aromatic heterocycles. The topological polar surface area (TPSA) is 27.6 Å². The third-order valence-corrected chi connectivity index (χ3v) is 4.27. The normalized spacial score (nSPS) is 28.4.